The SMILES string of the molecule is Cc1cc(C)n2c(n1)c(Cc1ccc(C3(C(=O)NC(CO)c4ccccc4)CCCCC3)cc1)c1ccccc12. The number of para-hydroxylation sites is 1. The fourth-order valence-corrected chi connectivity index (χ4v) is 6.67. The summed E-state index contributed by atoms with van der Waals surface area (Å²) in [6, 6.07) is 28.7. The number of rotatable bonds is 7. The molecule has 0 aliphatic heterocycles. The average molecular weight is 532 g/mol. The Morgan fingerprint density at radius 1 is 0.950 bits per heavy atom. The Morgan fingerprint density at radius 3 is 2.38 bits per heavy atom. The fraction of sp³-hybridized carbons (Fsp3) is 0.314. The first-order chi connectivity index (χ1) is 19.5. The molecule has 40 heavy (non-hydrogen) atoms. The van der Waals surface area contributed by atoms with E-state index < -0.39 is 11.5 Å². The zero-order valence-electron chi connectivity index (χ0n) is 23.4. The second kappa shape index (κ2) is 10.9. The van der Waals surface area contributed by atoms with E-state index in [9.17, 15) is 9.90 Å². The molecule has 0 radical (unpaired) electrons. The van der Waals surface area contributed by atoms with Gasteiger partial charge in [-0.15, -0.1) is 0 Å². The monoisotopic (exact) mass is 531 g/mol. The van der Waals surface area contributed by atoms with E-state index in [1.54, 1.807) is 0 Å². The van der Waals surface area contributed by atoms with Gasteiger partial charge in [0, 0.05) is 28.8 Å². The van der Waals surface area contributed by atoms with Crippen molar-refractivity contribution in [1.82, 2.24) is 14.7 Å². The molecule has 0 bridgehead atoms. The van der Waals surface area contributed by atoms with Crippen molar-refractivity contribution in [1.29, 1.82) is 0 Å². The lowest BCUT2D eigenvalue weighted by Crippen LogP contribution is -2.47. The number of benzene rings is 3. The molecule has 0 saturated heterocycles. The first-order valence-corrected chi connectivity index (χ1v) is 14.4. The molecule has 5 heteroatoms. The molecular weight excluding hydrogens is 494 g/mol. The van der Waals surface area contributed by atoms with Crippen molar-refractivity contribution in [2.75, 3.05) is 6.61 Å². The summed E-state index contributed by atoms with van der Waals surface area (Å²) in [5.74, 6) is 0.0161. The van der Waals surface area contributed by atoms with Crippen LogP contribution in [0.4, 0.5) is 0 Å². The van der Waals surface area contributed by atoms with Gasteiger partial charge in [-0.1, -0.05) is 92.1 Å². The Bertz CT molecular complexity index is 1650. The summed E-state index contributed by atoms with van der Waals surface area (Å²) in [5, 5.41) is 14.5. The van der Waals surface area contributed by atoms with Crippen LogP contribution in [0.3, 0.4) is 0 Å². The number of aromatic nitrogens is 2. The number of hydrogen-bond acceptors (Lipinski definition) is 3. The van der Waals surface area contributed by atoms with Crippen LogP contribution in [0.25, 0.3) is 16.6 Å². The molecule has 5 aromatic rings. The number of nitrogens with zero attached hydrogens (tertiary/aromatic N) is 2. The summed E-state index contributed by atoms with van der Waals surface area (Å²) in [5.41, 5.74) is 8.24. The van der Waals surface area contributed by atoms with Gasteiger partial charge in [-0.25, -0.2) is 4.98 Å². The number of carbonyl (C=O) groups is 1. The third-order valence-electron chi connectivity index (χ3n) is 8.72. The Hall–Kier alpha value is -3.96. The van der Waals surface area contributed by atoms with Crippen LogP contribution in [0, 0.1) is 13.8 Å². The molecule has 1 aliphatic carbocycles. The highest BCUT2D eigenvalue weighted by atomic mass is 16.3. The molecule has 1 aliphatic rings. The number of aliphatic hydroxyl groups excluding tert-OH is 1. The molecule has 5 nitrogen and oxygen atoms in total. The first kappa shape index (κ1) is 26.3. The molecule has 1 unspecified atom stereocenters. The second-order valence-electron chi connectivity index (χ2n) is 11.3. The lowest BCUT2D eigenvalue weighted by atomic mass is 9.68. The molecule has 2 heterocycles. The number of carbonyl (C=O) groups excluding carboxylic acids is 1. The van der Waals surface area contributed by atoms with Gasteiger partial charge in [-0.3, -0.25) is 9.20 Å². The minimum atomic E-state index is -0.579. The first-order valence-electron chi connectivity index (χ1n) is 14.4. The van der Waals surface area contributed by atoms with Crippen LogP contribution >= 0.6 is 0 Å². The summed E-state index contributed by atoms with van der Waals surface area (Å²) in [4.78, 5) is 18.9. The zero-order valence-corrected chi connectivity index (χ0v) is 23.4. The highest BCUT2D eigenvalue weighted by Gasteiger charge is 2.41. The molecule has 1 saturated carbocycles. The van der Waals surface area contributed by atoms with Gasteiger partial charge in [0.2, 0.25) is 5.91 Å². The van der Waals surface area contributed by atoms with Crippen molar-refractivity contribution < 1.29 is 9.90 Å². The van der Waals surface area contributed by atoms with E-state index in [4.69, 9.17) is 4.98 Å². The topological polar surface area (TPSA) is 66.6 Å². The molecule has 6 rings (SSSR count). The molecule has 1 amide bonds. The summed E-state index contributed by atoms with van der Waals surface area (Å²) < 4.78 is 2.26. The van der Waals surface area contributed by atoms with Crippen LogP contribution in [0.1, 0.15) is 71.8 Å². The average Bonchev–Trinajstić information content (AvgIpc) is 3.30. The van der Waals surface area contributed by atoms with Crippen LogP contribution in [0.15, 0.2) is 84.9 Å². The number of nitrogens with one attached hydrogen (secondary N) is 1. The molecular formula is C35H37N3O2. The molecule has 3 aromatic carbocycles. The maximum absolute atomic E-state index is 13.9. The van der Waals surface area contributed by atoms with Crippen molar-refractivity contribution in [2.24, 2.45) is 0 Å². The zero-order chi connectivity index (χ0) is 27.7. The highest BCUT2D eigenvalue weighted by molar-refractivity contribution is 5.92. The molecule has 2 N–H and O–H groups in total. The molecule has 204 valence electrons. The van der Waals surface area contributed by atoms with Crippen LogP contribution in [-0.2, 0) is 16.6 Å². The van der Waals surface area contributed by atoms with Crippen molar-refractivity contribution in [3.8, 4) is 0 Å². The summed E-state index contributed by atoms with van der Waals surface area (Å²) >= 11 is 0. The summed E-state index contributed by atoms with van der Waals surface area (Å²) in [7, 11) is 0. The van der Waals surface area contributed by atoms with E-state index in [1.807, 2.05) is 30.3 Å². The molecule has 1 fully saturated rings. The summed E-state index contributed by atoms with van der Waals surface area (Å²) in [6.07, 6.45) is 5.61. The predicted molar refractivity (Wildman–Crippen MR) is 161 cm³/mol. The number of hydrogen-bond donors (Lipinski definition) is 2. The molecule has 1 atom stereocenters. The van der Waals surface area contributed by atoms with E-state index in [1.165, 1.54) is 27.7 Å². The Kier molecular flexibility index (Phi) is 7.16. The highest BCUT2D eigenvalue weighted by Crippen LogP contribution is 2.41. The fourth-order valence-electron chi connectivity index (χ4n) is 6.67. The van der Waals surface area contributed by atoms with Crippen molar-refractivity contribution in [2.45, 2.75) is 63.8 Å². The van der Waals surface area contributed by atoms with Crippen molar-refractivity contribution >= 4 is 22.5 Å². The number of aliphatic hydroxyl groups is 1. The maximum atomic E-state index is 13.9. The van der Waals surface area contributed by atoms with E-state index in [2.05, 4.69) is 78.2 Å². The van der Waals surface area contributed by atoms with Gasteiger partial charge in [0.05, 0.1) is 23.6 Å². The standard InChI is InChI=1S/C35H37N3O2/c1-24-21-25(2)38-32-14-8-7-13-29(32)30(33(38)36-24)22-26-15-17-28(18-16-26)35(19-9-4-10-20-35)34(40)37-31(23-39)27-11-5-3-6-12-27/h3,5-8,11-18,21,31,39H,4,9-10,19-20,22-23H2,1-2H3,(H,37,40). The number of amides is 1. The van der Waals surface area contributed by atoms with E-state index in [0.717, 1.165) is 61.0 Å². The van der Waals surface area contributed by atoms with Gasteiger partial charge in [0.1, 0.15) is 5.65 Å². The predicted octanol–water partition coefficient (Wildman–Crippen LogP) is 6.75. The van der Waals surface area contributed by atoms with Crippen molar-refractivity contribution in [3.05, 3.63) is 119 Å². The third-order valence-corrected chi connectivity index (χ3v) is 8.72. The van der Waals surface area contributed by atoms with E-state index >= 15 is 0 Å². The minimum absolute atomic E-state index is 0.0161. The number of fused-ring (bicyclic) bond motifs is 3. The van der Waals surface area contributed by atoms with Crippen LogP contribution < -0.4 is 5.32 Å². The normalized spacial score (nSPS) is 15.8. The third kappa shape index (κ3) is 4.69. The van der Waals surface area contributed by atoms with Gasteiger partial charge in [-0.05, 0) is 55.5 Å². The molecule has 0 spiro atoms. The Balaban J connectivity index is 1.32. The lowest BCUT2D eigenvalue weighted by molar-refractivity contribution is -0.129. The second-order valence-corrected chi connectivity index (χ2v) is 11.3. The quantitative estimate of drug-likeness (QED) is 0.244. The Labute approximate surface area is 235 Å². The largest absolute Gasteiger partial charge is 0.394 e. The Morgan fingerprint density at radius 2 is 1.65 bits per heavy atom. The van der Waals surface area contributed by atoms with Crippen LogP contribution in [0.5, 0.6) is 0 Å². The smallest absolute Gasteiger partial charge is 0.231 e. The van der Waals surface area contributed by atoms with Gasteiger partial charge < -0.3 is 10.4 Å². The lowest BCUT2D eigenvalue weighted by Gasteiger charge is -2.37. The van der Waals surface area contributed by atoms with Gasteiger partial charge in [-0.2, -0.15) is 0 Å². The van der Waals surface area contributed by atoms with Crippen LogP contribution in [0.2, 0.25) is 0 Å². The maximum Gasteiger partial charge on any atom is 0.231 e. The minimum Gasteiger partial charge on any atom is -0.394 e. The number of aryl methyl sites for hydroxylation is 2. The van der Waals surface area contributed by atoms with Gasteiger partial charge >= 0.3 is 0 Å². The van der Waals surface area contributed by atoms with Crippen LogP contribution in [-0.4, -0.2) is 27.0 Å². The molecule has 2 aromatic heterocycles. The van der Waals surface area contributed by atoms with Gasteiger partial charge in [0.15, 0.2) is 0 Å². The van der Waals surface area contributed by atoms with E-state index in [-0.39, 0.29) is 12.5 Å². The van der Waals surface area contributed by atoms with Gasteiger partial charge in [0.25, 0.3) is 0 Å². The van der Waals surface area contributed by atoms with Crippen molar-refractivity contribution in [3.63, 3.8) is 0 Å². The van der Waals surface area contributed by atoms with E-state index in [0.29, 0.717) is 0 Å². The summed E-state index contributed by atoms with van der Waals surface area (Å²) in [6.45, 7) is 4.06.